The molecule has 1 aliphatic carbocycles. The molecule has 3 heteroatoms. The standard InChI is InChI=1S/C19H24O3/c20-17-13-18(21)22-19(14-17,16-10-4-5-11-16)12-6-9-15-7-2-1-3-8-15/h1-3,7-8,13,16,20H,4-6,9-12,14H2. The largest absolute Gasteiger partial charge is 0.512 e. The van der Waals surface area contributed by atoms with Gasteiger partial charge in [0.2, 0.25) is 0 Å². The van der Waals surface area contributed by atoms with Crippen LogP contribution in [0.5, 0.6) is 0 Å². The Kier molecular flexibility index (Phi) is 4.51. The number of esters is 1. The van der Waals surface area contributed by atoms with E-state index in [-0.39, 0.29) is 11.7 Å². The zero-order valence-corrected chi connectivity index (χ0v) is 13.0. The summed E-state index contributed by atoms with van der Waals surface area (Å²) in [6.45, 7) is 0. The van der Waals surface area contributed by atoms with Crippen LogP contribution < -0.4 is 0 Å². The number of ether oxygens (including phenoxy) is 1. The first kappa shape index (κ1) is 15.1. The van der Waals surface area contributed by atoms with Crippen LogP contribution in [0.4, 0.5) is 0 Å². The highest BCUT2D eigenvalue weighted by molar-refractivity contribution is 5.83. The van der Waals surface area contributed by atoms with Crippen LogP contribution in [-0.4, -0.2) is 16.7 Å². The molecule has 2 aliphatic rings. The van der Waals surface area contributed by atoms with Gasteiger partial charge in [-0.25, -0.2) is 4.79 Å². The average Bonchev–Trinajstić information content (AvgIpc) is 3.02. The van der Waals surface area contributed by atoms with Gasteiger partial charge in [0.15, 0.2) is 0 Å². The van der Waals surface area contributed by atoms with Crippen molar-refractivity contribution in [3.63, 3.8) is 0 Å². The third-order valence-corrected chi connectivity index (χ3v) is 5.08. The number of cyclic esters (lactones) is 1. The Labute approximate surface area is 132 Å². The lowest BCUT2D eigenvalue weighted by Crippen LogP contribution is -2.44. The fraction of sp³-hybridized carbons (Fsp3) is 0.526. The first-order valence-electron chi connectivity index (χ1n) is 8.34. The molecule has 1 aromatic carbocycles. The Morgan fingerprint density at radius 3 is 2.59 bits per heavy atom. The Balaban J connectivity index is 1.69. The smallest absolute Gasteiger partial charge is 0.334 e. The highest BCUT2D eigenvalue weighted by atomic mass is 16.6. The molecule has 0 amide bonds. The molecule has 3 rings (SSSR count). The second-order valence-electron chi connectivity index (χ2n) is 6.62. The summed E-state index contributed by atoms with van der Waals surface area (Å²) < 4.78 is 5.79. The van der Waals surface area contributed by atoms with Crippen molar-refractivity contribution in [2.45, 2.75) is 57.0 Å². The molecule has 1 saturated carbocycles. The van der Waals surface area contributed by atoms with E-state index in [0.29, 0.717) is 12.3 Å². The number of carbonyl (C=O) groups is 1. The lowest BCUT2D eigenvalue weighted by Gasteiger charge is -2.40. The quantitative estimate of drug-likeness (QED) is 0.823. The van der Waals surface area contributed by atoms with Gasteiger partial charge >= 0.3 is 5.97 Å². The average molecular weight is 300 g/mol. The first-order valence-corrected chi connectivity index (χ1v) is 8.34. The summed E-state index contributed by atoms with van der Waals surface area (Å²) in [6, 6.07) is 10.4. The van der Waals surface area contributed by atoms with Gasteiger partial charge in [0.1, 0.15) is 11.4 Å². The van der Waals surface area contributed by atoms with Gasteiger partial charge in [-0.05, 0) is 43.6 Å². The number of aryl methyl sites for hydroxylation is 1. The maximum atomic E-state index is 11.8. The number of aliphatic hydroxyl groups excluding tert-OH is 1. The van der Waals surface area contributed by atoms with E-state index in [0.717, 1.165) is 32.1 Å². The fourth-order valence-electron chi connectivity index (χ4n) is 4.02. The zero-order chi connectivity index (χ0) is 15.4. The molecular formula is C19H24O3. The van der Waals surface area contributed by atoms with Crippen LogP contribution in [0.15, 0.2) is 42.2 Å². The molecule has 1 fully saturated rings. The van der Waals surface area contributed by atoms with Crippen LogP contribution in [0.3, 0.4) is 0 Å². The maximum Gasteiger partial charge on any atom is 0.334 e. The predicted octanol–water partition coefficient (Wildman–Crippen LogP) is 4.33. The van der Waals surface area contributed by atoms with Crippen molar-refractivity contribution in [1.29, 1.82) is 0 Å². The third kappa shape index (κ3) is 3.34. The number of hydrogen-bond donors (Lipinski definition) is 1. The van der Waals surface area contributed by atoms with E-state index >= 15 is 0 Å². The van der Waals surface area contributed by atoms with Gasteiger partial charge in [-0.1, -0.05) is 43.2 Å². The van der Waals surface area contributed by atoms with Crippen molar-refractivity contribution in [3.05, 3.63) is 47.7 Å². The van der Waals surface area contributed by atoms with E-state index in [2.05, 4.69) is 24.3 Å². The summed E-state index contributed by atoms with van der Waals surface area (Å²) in [5, 5.41) is 9.95. The molecule has 0 saturated heterocycles. The lowest BCUT2D eigenvalue weighted by atomic mass is 9.77. The van der Waals surface area contributed by atoms with Gasteiger partial charge in [0.05, 0.1) is 6.08 Å². The van der Waals surface area contributed by atoms with E-state index in [1.165, 1.54) is 24.5 Å². The summed E-state index contributed by atoms with van der Waals surface area (Å²) in [5.74, 6) is 0.196. The Hall–Kier alpha value is -1.77. The van der Waals surface area contributed by atoms with Crippen LogP contribution in [0.25, 0.3) is 0 Å². The number of carbonyl (C=O) groups excluding carboxylic acids is 1. The Bertz CT molecular complexity index is 543. The molecule has 0 radical (unpaired) electrons. The topological polar surface area (TPSA) is 46.5 Å². The van der Waals surface area contributed by atoms with Crippen molar-refractivity contribution in [2.24, 2.45) is 5.92 Å². The van der Waals surface area contributed by atoms with Crippen molar-refractivity contribution >= 4 is 5.97 Å². The molecule has 1 N–H and O–H groups in total. The van der Waals surface area contributed by atoms with Crippen molar-refractivity contribution in [3.8, 4) is 0 Å². The molecule has 118 valence electrons. The molecule has 0 bridgehead atoms. The van der Waals surface area contributed by atoms with E-state index in [1.807, 2.05) is 6.07 Å². The number of benzene rings is 1. The Morgan fingerprint density at radius 2 is 1.91 bits per heavy atom. The van der Waals surface area contributed by atoms with Gasteiger partial charge < -0.3 is 9.84 Å². The molecule has 0 spiro atoms. The van der Waals surface area contributed by atoms with Crippen LogP contribution >= 0.6 is 0 Å². The highest BCUT2D eigenvalue weighted by Crippen LogP contribution is 2.44. The van der Waals surface area contributed by atoms with Crippen LogP contribution in [0.2, 0.25) is 0 Å². The summed E-state index contributed by atoms with van der Waals surface area (Å²) in [4.78, 5) is 11.8. The molecule has 1 atom stereocenters. The van der Waals surface area contributed by atoms with Gasteiger partial charge in [0, 0.05) is 6.42 Å². The zero-order valence-electron chi connectivity index (χ0n) is 13.0. The summed E-state index contributed by atoms with van der Waals surface area (Å²) in [6.07, 6.45) is 9.11. The predicted molar refractivity (Wildman–Crippen MR) is 85.5 cm³/mol. The van der Waals surface area contributed by atoms with E-state index in [1.54, 1.807) is 0 Å². The van der Waals surface area contributed by atoms with Crippen LogP contribution in [0, 0.1) is 5.92 Å². The first-order chi connectivity index (χ1) is 10.7. The summed E-state index contributed by atoms with van der Waals surface area (Å²) in [5.41, 5.74) is 0.826. The molecule has 22 heavy (non-hydrogen) atoms. The molecule has 1 heterocycles. The Morgan fingerprint density at radius 1 is 1.18 bits per heavy atom. The van der Waals surface area contributed by atoms with Gasteiger partial charge in [-0.2, -0.15) is 0 Å². The van der Waals surface area contributed by atoms with Crippen molar-refractivity contribution < 1.29 is 14.6 Å². The van der Waals surface area contributed by atoms with Crippen LogP contribution in [0.1, 0.15) is 50.5 Å². The highest BCUT2D eigenvalue weighted by Gasteiger charge is 2.45. The van der Waals surface area contributed by atoms with Crippen molar-refractivity contribution in [1.82, 2.24) is 0 Å². The minimum absolute atomic E-state index is 0.183. The fourth-order valence-corrected chi connectivity index (χ4v) is 4.02. The molecule has 0 aromatic heterocycles. The molecular weight excluding hydrogens is 276 g/mol. The van der Waals surface area contributed by atoms with E-state index in [9.17, 15) is 9.90 Å². The maximum absolute atomic E-state index is 11.8. The molecule has 3 nitrogen and oxygen atoms in total. The molecule has 1 unspecified atom stereocenters. The minimum atomic E-state index is -0.485. The second-order valence-corrected chi connectivity index (χ2v) is 6.62. The monoisotopic (exact) mass is 300 g/mol. The summed E-state index contributed by atoms with van der Waals surface area (Å²) in [7, 11) is 0. The number of rotatable bonds is 5. The summed E-state index contributed by atoms with van der Waals surface area (Å²) >= 11 is 0. The van der Waals surface area contributed by atoms with E-state index in [4.69, 9.17) is 4.74 Å². The second kappa shape index (κ2) is 6.55. The molecule has 1 aromatic rings. The van der Waals surface area contributed by atoms with Gasteiger partial charge in [-0.3, -0.25) is 0 Å². The van der Waals surface area contributed by atoms with Crippen LogP contribution in [-0.2, 0) is 16.0 Å². The SMILES string of the molecule is O=C1C=C(O)CC(CCCc2ccccc2)(C2CCCC2)O1. The van der Waals surface area contributed by atoms with Gasteiger partial charge in [-0.15, -0.1) is 0 Å². The normalized spacial score (nSPS) is 25.8. The number of hydrogen-bond acceptors (Lipinski definition) is 3. The lowest BCUT2D eigenvalue weighted by molar-refractivity contribution is -0.165. The van der Waals surface area contributed by atoms with Crippen molar-refractivity contribution in [2.75, 3.05) is 0 Å². The minimum Gasteiger partial charge on any atom is -0.512 e. The third-order valence-electron chi connectivity index (χ3n) is 5.08. The van der Waals surface area contributed by atoms with Gasteiger partial charge in [0.25, 0.3) is 0 Å². The molecule has 1 aliphatic heterocycles. The van der Waals surface area contributed by atoms with E-state index < -0.39 is 5.60 Å². The number of aliphatic hydroxyl groups is 1.